The molecule has 1 aromatic heterocycles. The van der Waals surface area contributed by atoms with E-state index in [9.17, 15) is 9.35 Å². The molecule has 0 bridgehead atoms. The minimum absolute atomic E-state index is 0.0704. The quantitative estimate of drug-likeness (QED) is 0.360. The number of methoxy groups -OCH3 is 1. The molecule has 8 heteroatoms. The lowest BCUT2D eigenvalue weighted by molar-refractivity contribution is 0.0997. The largest absolute Gasteiger partial charge is 0.588 e. The van der Waals surface area contributed by atoms with Crippen LogP contribution in [0.3, 0.4) is 0 Å². The molecule has 0 aliphatic rings. The molecule has 1 atom stereocenters. The number of benzene rings is 3. The number of oxazole rings is 1. The number of ether oxygens (including phenoxy) is 1. The van der Waals surface area contributed by atoms with E-state index < -0.39 is 17.3 Å². The highest BCUT2D eigenvalue weighted by molar-refractivity contribution is 7.92. The Kier molecular flexibility index (Phi) is 6.67. The van der Waals surface area contributed by atoms with Crippen molar-refractivity contribution in [1.82, 2.24) is 4.98 Å². The van der Waals surface area contributed by atoms with E-state index in [-0.39, 0.29) is 5.76 Å². The third kappa shape index (κ3) is 5.02. The summed E-state index contributed by atoms with van der Waals surface area (Å²) in [5.74, 6) is 0.404. The lowest BCUT2D eigenvalue weighted by atomic mass is 10.1. The van der Waals surface area contributed by atoms with Crippen molar-refractivity contribution in [2.75, 3.05) is 17.1 Å². The molecule has 0 spiro atoms. The monoisotopic (exact) mass is 461 g/mol. The predicted octanol–water partition coefficient (Wildman–Crippen LogP) is 5.35. The molecule has 0 fully saturated rings. The van der Waals surface area contributed by atoms with E-state index >= 15 is 0 Å². The highest BCUT2D eigenvalue weighted by Gasteiger charge is 2.22. The van der Waals surface area contributed by atoms with Gasteiger partial charge in [-0.1, -0.05) is 36.4 Å². The van der Waals surface area contributed by atoms with Gasteiger partial charge in [-0.25, -0.2) is 9.71 Å². The number of aryl methyl sites for hydroxylation is 2. The number of aromatic nitrogens is 1. The molecule has 1 heterocycles. The molecule has 3 aromatic carbocycles. The molecule has 4 aromatic rings. The Hall–Kier alpha value is -3.75. The van der Waals surface area contributed by atoms with Gasteiger partial charge < -0.3 is 19.0 Å². The Morgan fingerprint density at radius 1 is 1.03 bits per heavy atom. The summed E-state index contributed by atoms with van der Waals surface area (Å²) in [6.07, 6.45) is 1.38. The van der Waals surface area contributed by atoms with E-state index in [0.29, 0.717) is 22.2 Å². The maximum Gasteiger partial charge on any atom is 0.293 e. The van der Waals surface area contributed by atoms with Gasteiger partial charge in [-0.15, -0.1) is 0 Å². The first-order valence-corrected chi connectivity index (χ1v) is 11.4. The number of rotatable bonds is 7. The van der Waals surface area contributed by atoms with Crippen LogP contribution in [-0.4, -0.2) is 22.6 Å². The topological polar surface area (TPSA) is 99.5 Å². The fourth-order valence-electron chi connectivity index (χ4n) is 3.31. The van der Waals surface area contributed by atoms with Crippen LogP contribution in [0, 0.1) is 13.8 Å². The highest BCUT2D eigenvalue weighted by Crippen LogP contribution is 2.31. The van der Waals surface area contributed by atoms with Gasteiger partial charge in [0.15, 0.2) is 5.75 Å². The molecule has 33 heavy (non-hydrogen) atoms. The van der Waals surface area contributed by atoms with Crippen LogP contribution < -0.4 is 14.8 Å². The van der Waals surface area contributed by atoms with Crippen LogP contribution in [0.15, 0.2) is 82.2 Å². The zero-order chi connectivity index (χ0) is 23.4. The average Bonchev–Trinajstić information content (AvgIpc) is 3.32. The van der Waals surface area contributed by atoms with Crippen molar-refractivity contribution in [3.05, 3.63) is 89.8 Å². The van der Waals surface area contributed by atoms with Crippen molar-refractivity contribution in [2.24, 2.45) is 0 Å². The van der Waals surface area contributed by atoms with Gasteiger partial charge in [0.1, 0.15) is 11.4 Å². The summed E-state index contributed by atoms with van der Waals surface area (Å²) in [6, 6.07) is 20.1. The number of amides is 1. The molecular weight excluding hydrogens is 438 g/mol. The lowest BCUT2D eigenvalue weighted by Gasteiger charge is -2.17. The smallest absolute Gasteiger partial charge is 0.293 e. The summed E-state index contributed by atoms with van der Waals surface area (Å²) in [5, 5.41) is 2.77. The second-order valence-corrected chi connectivity index (χ2v) is 8.53. The van der Waals surface area contributed by atoms with Crippen molar-refractivity contribution in [2.45, 2.75) is 18.7 Å². The van der Waals surface area contributed by atoms with Gasteiger partial charge >= 0.3 is 0 Å². The number of hydrogen-bond acceptors (Lipinski definition) is 6. The number of anilines is 2. The molecular formula is C25H23N3O4S. The summed E-state index contributed by atoms with van der Waals surface area (Å²) in [4.78, 5) is 17.3. The Bertz CT molecular complexity index is 1250. The normalized spacial score (nSPS) is 11.6. The number of hydrogen-bond donors (Lipinski definition) is 2. The van der Waals surface area contributed by atoms with Crippen LogP contribution in [0.1, 0.15) is 21.7 Å². The van der Waals surface area contributed by atoms with Crippen LogP contribution in [0.25, 0.3) is 11.5 Å². The Morgan fingerprint density at radius 2 is 1.76 bits per heavy atom. The average molecular weight is 462 g/mol. The minimum Gasteiger partial charge on any atom is -0.588 e. The van der Waals surface area contributed by atoms with Crippen LogP contribution in [0.2, 0.25) is 0 Å². The summed E-state index contributed by atoms with van der Waals surface area (Å²) >= 11 is -1.62. The molecule has 0 saturated heterocycles. The Balaban J connectivity index is 1.54. The number of para-hydroxylation sites is 1. The van der Waals surface area contributed by atoms with Gasteiger partial charge in [-0.3, -0.25) is 4.79 Å². The first-order valence-electron chi connectivity index (χ1n) is 10.2. The SMILES string of the molecule is COc1ccc(NC(=O)c2cnc(-c3ccccc3)o2)cc1[S+]([O-])Nc1c(C)cccc1C. The highest BCUT2D eigenvalue weighted by atomic mass is 32.2. The first kappa shape index (κ1) is 22.4. The van der Waals surface area contributed by atoms with Crippen molar-refractivity contribution >= 4 is 28.6 Å². The Morgan fingerprint density at radius 3 is 2.45 bits per heavy atom. The van der Waals surface area contributed by atoms with Gasteiger partial charge in [-0.05, 0) is 49.2 Å². The molecule has 0 aliphatic heterocycles. The zero-order valence-corrected chi connectivity index (χ0v) is 19.2. The van der Waals surface area contributed by atoms with Crippen molar-refractivity contribution < 1.29 is 18.5 Å². The minimum atomic E-state index is -1.62. The third-order valence-corrected chi connectivity index (χ3v) is 6.16. The number of nitrogens with one attached hydrogen (secondary N) is 2. The molecule has 0 saturated carbocycles. The molecule has 7 nitrogen and oxygen atoms in total. The van der Waals surface area contributed by atoms with E-state index in [2.05, 4.69) is 15.0 Å². The molecule has 2 N–H and O–H groups in total. The van der Waals surface area contributed by atoms with E-state index in [1.807, 2.05) is 62.4 Å². The summed E-state index contributed by atoms with van der Waals surface area (Å²) in [7, 11) is 1.51. The molecule has 1 unspecified atom stereocenters. The van der Waals surface area contributed by atoms with Crippen LogP contribution in [-0.2, 0) is 11.4 Å². The Labute approximate surface area is 195 Å². The van der Waals surface area contributed by atoms with Crippen LogP contribution >= 0.6 is 0 Å². The van der Waals surface area contributed by atoms with Gasteiger partial charge in [0, 0.05) is 17.3 Å². The van der Waals surface area contributed by atoms with E-state index in [1.54, 1.807) is 18.2 Å². The molecule has 1 amide bonds. The summed E-state index contributed by atoms with van der Waals surface area (Å²) in [5.41, 5.74) is 3.97. The first-order chi connectivity index (χ1) is 16.0. The molecule has 0 radical (unpaired) electrons. The van der Waals surface area contributed by atoms with Gasteiger partial charge in [0.05, 0.1) is 19.0 Å². The van der Waals surface area contributed by atoms with E-state index in [4.69, 9.17) is 9.15 Å². The maximum absolute atomic E-state index is 13.1. The van der Waals surface area contributed by atoms with Crippen LogP contribution in [0.4, 0.5) is 11.4 Å². The van der Waals surface area contributed by atoms with E-state index in [0.717, 1.165) is 22.4 Å². The summed E-state index contributed by atoms with van der Waals surface area (Å²) in [6.45, 7) is 3.89. The van der Waals surface area contributed by atoms with Gasteiger partial charge in [0.2, 0.25) is 16.5 Å². The van der Waals surface area contributed by atoms with Gasteiger partial charge in [-0.2, -0.15) is 0 Å². The maximum atomic E-state index is 13.1. The fraction of sp³-hybridized carbons (Fsp3) is 0.120. The third-order valence-electron chi connectivity index (χ3n) is 5.05. The lowest BCUT2D eigenvalue weighted by Crippen LogP contribution is -2.17. The second-order valence-electron chi connectivity index (χ2n) is 7.35. The summed E-state index contributed by atoms with van der Waals surface area (Å²) < 4.78 is 27.2. The van der Waals surface area contributed by atoms with Crippen molar-refractivity contribution in [1.29, 1.82) is 0 Å². The van der Waals surface area contributed by atoms with Crippen molar-refractivity contribution in [3.8, 4) is 17.2 Å². The number of carbonyl (C=O) groups is 1. The standard InChI is InChI=1S/C25H23N3O4S/c1-16-8-7-9-17(2)23(16)28-33(30)22-14-19(12-13-20(22)31-3)27-24(29)21-15-26-25(32-21)18-10-5-4-6-11-18/h4-15,28H,1-3H3,(H,27,29). The zero-order valence-electron chi connectivity index (χ0n) is 18.4. The number of nitrogens with zero attached hydrogens (tertiary/aromatic N) is 1. The number of carbonyl (C=O) groups excluding carboxylic acids is 1. The van der Waals surface area contributed by atoms with E-state index in [1.165, 1.54) is 13.3 Å². The fourth-order valence-corrected chi connectivity index (χ4v) is 4.49. The van der Waals surface area contributed by atoms with Crippen molar-refractivity contribution in [3.63, 3.8) is 0 Å². The molecule has 0 aliphatic carbocycles. The second kappa shape index (κ2) is 9.81. The van der Waals surface area contributed by atoms with Crippen LogP contribution in [0.5, 0.6) is 5.75 Å². The predicted molar refractivity (Wildman–Crippen MR) is 129 cm³/mol. The molecule has 168 valence electrons. The van der Waals surface area contributed by atoms with Gasteiger partial charge in [0.25, 0.3) is 5.91 Å². The molecule has 4 rings (SSSR count).